The van der Waals surface area contributed by atoms with E-state index in [2.05, 4.69) is 0 Å². The second kappa shape index (κ2) is 4.85. The molecular weight excluding hydrogens is 220 g/mol. The third-order valence-corrected chi connectivity index (χ3v) is 2.97. The van der Waals surface area contributed by atoms with Crippen LogP contribution in [0.2, 0.25) is 0 Å². The Balaban J connectivity index is 2.10. The van der Waals surface area contributed by atoms with Gasteiger partial charge >= 0.3 is 0 Å². The molecular formula is C13H16O4. The molecule has 0 heterocycles. The normalized spacial score (nSPS) is 20.2. The van der Waals surface area contributed by atoms with Gasteiger partial charge in [0.1, 0.15) is 18.5 Å². The zero-order valence-corrected chi connectivity index (χ0v) is 9.72. The van der Waals surface area contributed by atoms with E-state index in [9.17, 15) is 4.79 Å². The average molecular weight is 236 g/mol. The van der Waals surface area contributed by atoms with E-state index in [0.29, 0.717) is 11.3 Å². The Labute approximate surface area is 99.8 Å². The van der Waals surface area contributed by atoms with Crippen molar-refractivity contribution in [2.45, 2.75) is 19.4 Å². The van der Waals surface area contributed by atoms with Gasteiger partial charge < -0.3 is 14.9 Å². The van der Waals surface area contributed by atoms with E-state index < -0.39 is 6.10 Å². The van der Waals surface area contributed by atoms with Crippen LogP contribution in [-0.2, 0) is 6.42 Å². The fourth-order valence-electron chi connectivity index (χ4n) is 1.99. The quantitative estimate of drug-likeness (QED) is 0.811. The molecule has 1 aromatic rings. The van der Waals surface area contributed by atoms with Crippen LogP contribution in [-0.4, -0.2) is 35.3 Å². The van der Waals surface area contributed by atoms with E-state index >= 15 is 0 Å². The lowest BCUT2D eigenvalue weighted by Crippen LogP contribution is -2.21. The molecule has 0 spiro atoms. The average Bonchev–Trinajstić information content (AvgIpc) is 2.62. The van der Waals surface area contributed by atoms with Crippen LogP contribution in [0.4, 0.5) is 0 Å². The third kappa shape index (κ3) is 2.48. The Bertz CT molecular complexity index is 427. The first-order valence-electron chi connectivity index (χ1n) is 5.70. The molecule has 4 nitrogen and oxygen atoms in total. The van der Waals surface area contributed by atoms with Crippen molar-refractivity contribution < 1.29 is 19.7 Å². The fraction of sp³-hybridized carbons (Fsp3) is 0.462. The first kappa shape index (κ1) is 12.1. The molecule has 0 aromatic heterocycles. The van der Waals surface area contributed by atoms with E-state index in [0.717, 1.165) is 12.0 Å². The van der Waals surface area contributed by atoms with Crippen LogP contribution < -0.4 is 4.74 Å². The number of aliphatic hydroxyl groups is 2. The van der Waals surface area contributed by atoms with Crippen molar-refractivity contribution in [2.75, 3.05) is 13.2 Å². The Morgan fingerprint density at radius 3 is 3.00 bits per heavy atom. The second-order valence-electron chi connectivity index (χ2n) is 4.44. The summed E-state index contributed by atoms with van der Waals surface area (Å²) in [6, 6.07) is 5.39. The summed E-state index contributed by atoms with van der Waals surface area (Å²) >= 11 is 0. The van der Waals surface area contributed by atoms with E-state index in [1.807, 2.05) is 13.0 Å². The SMILES string of the molecule is C[C@@H]1Cc2ccc(OC[C@H](O)CO)cc2C1=O. The molecule has 1 aliphatic carbocycles. The Kier molecular flexibility index (Phi) is 3.45. The van der Waals surface area contributed by atoms with Gasteiger partial charge in [-0.05, 0) is 24.1 Å². The molecule has 2 rings (SSSR count). The first-order chi connectivity index (χ1) is 8.11. The highest BCUT2D eigenvalue weighted by molar-refractivity contribution is 6.02. The van der Waals surface area contributed by atoms with Gasteiger partial charge in [0.25, 0.3) is 0 Å². The molecule has 0 saturated carbocycles. The van der Waals surface area contributed by atoms with Gasteiger partial charge in [0.05, 0.1) is 6.61 Å². The summed E-state index contributed by atoms with van der Waals surface area (Å²) in [7, 11) is 0. The minimum atomic E-state index is -0.891. The third-order valence-electron chi connectivity index (χ3n) is 2.97. The highest BCUT2D eigenvalue weighted by Crippen LogP contribution is 2.29. The monoisotopic (exact) mass is 236 g/mol. The number of hydrogen-bond donors (Lipinski definition) is 2. The van der Waals surface area contributed by atoms with Crippen LogP contribution in [0.1, 0.15) is 22.8 Å². The van der Waals surface area contributed by atoms with Crippen LogP contribution >= 0.6 is 0 Å². The summed E-state index contributed by atoms with van der Waals surface area (Å²) in [4.78, 5) is 11.8. The molecule has 0 saturated heterocycles. The summed E-state index contributed by atoms with van der Waals surface area (Å²) in [6.45, 7) is 1.61. The van der Waals surface area contributed by atoms with Gasteiger partial charge in [0, 0.05) is 11.5 Å². The van der Waals surface area contributed by atoms with Gasteiger partial charge in [-0.2, -0.15) is 0 Å². The lowest BCUT2D eigenvalue weighted by molar-refractivity contribution is 0.0536. The molecule has 0 unspecified atom stereocenters. The van der Waals surface area contributed by atoms with Crippen LogP contribution in [0.3, 0.4) is 0 Å². The molecule has 0 amide bonds. The van der Waals surface area contributed by atoms with Crippen molar-refractivity contribution in [3.63, 3.8) is 0 Å². The first-order valence-corrected chi connectivity index (χ1v) is 5.70. The molecule has 0 fully saturated rings. The molecule has 0 radical (unpaired) electrons. The zero-order valence-electron chi connectivity index (χ0n) is 9.72. The zero-order chi connectivity index (χ0) is 12.4. The maximum atomic E-state index is 11.8. The van der Waals surface area contributed by atoms with Crippen molar-refractivity contribution in [1.29, 1.82) is 0 Å². The van der Waals surface area contributed by atoms with Crippen molar-refractivity contribution in [2.24, 2.45) is 5.92 Å². The van der Waals surface area contributed by atoms with Crippen LogP contribution in [0, 0.1) is 5.92 Å². The number of ketones is 1. The standard InChI is InChI=1S/C13H16O4/c1-8-4-9-2-3-11(5-12(9)13(8)16)17-7-10(15)6-14/h2-3,5,8,10,14-15H,4,6-7H2,1H3/t8-,10-/m1/s1. The minimum absolute atomic E-state index is 0.0268. The highest BCUT2D eigenvalue weighted by atomic mass is 16.5. The molecule has 1 aromatic carbocycles. The Morgan fingerprint density at radius 1 is 1.53 bits per heavy atom. The summed E-state index contributed by atoms with van der Waals surface area (Å²) in [5, 5.41) is 17.8. The van der Waals surface area contributed by atoms with E-state index in [-0.39, 0.29) is 24.9 Å². The Hall–Kier alpha value is -1.39. The number of carbonyl (C=O) groups excluding carboxylic acids is 1. The molecule has 92 valence electrons. The Morgan fingerprint density at radius 2 is 2.29 bits per heavy atom. The van der Waals surface area contributed by atoms with Gasteiger partial charge in [0.15, 0.2) is 5.78 Å². The van der Waals surface area contributed by atoms with Gasteiger partial charge in [0.2, 0.25) is 0 Å². The van der Waals surface area contributed by atoms with Crippen molar-refractivity contribution >= 4 is 5.78 Å². The highest BCUT2D eigenvalue weighted by Gasteiger charge is 2.27. The van der Waals surface area contributed by atoms with Crippen molar-refractivity contribution in [1.82, 2.24) is 0 Å². The summed E-state index contributed by atoms with van der Waals surface area (Å²) in [5.41, 5.74) is 1.77. The molecule has 17 heavy (non-hydrogen) atoms. The number of Topliss-reactive ketones (excluding diaryl/α,β-unsaturated/α-hetero) is 1. The fourth-order valence-corrected chi connectivity index (χ4v) is 1.99. The predicted molar refractivity (Wildman–Crippen MR) is 62.2 cm³/mol. The largest absolute Gasteiger partial charge is 0.491 e. The van der Waals surface area contributed by atoms with Gasteiger partial charge in [-0.3, -0.25) is 4.79 Å². The van der Waals surface area contributed by atoms with E-state index in [4.69, 9.17) is 14.9 Å². The molecule has 0 bridgehead atoms. The van der Waals surface area contributed by atoms with Gasteiger partial charge in [-0.25, -0.2) is 0 Å². The number of hydrogen-bond acceptors (Lipinski definition) is 4. The summed E-state index contributed by atoms with van der Waals surface area (Å²) in [5.74, 6) is 0.745. The van der Waals surface area contributed by atoms with Crippen LogP contribution in [0.15, 0.2) is 18.2 Å². The maximum Gasteiger partial charge on any atom is 0.166 e. The summed E-state index contributed by atoms with van der Waals surface area (Å²) < 4.78 is 5.31. The van der Waals surface area contributed by atoms with E-state index in [1.54, 1.807) is 12.1 Å². The topological polar surface area (TPSA) is 66.8 Å². The number of ether oxygens (including phenoxy) is 1. The number of fused-ring (bicyclic) bond motifs is 1. The molecule has 2 atom stereocenters. The van der Waals surface area contributed by atoms with Crippen LogP contribution in [0.25, 0.3) is 0 Å². The van der Waals surface area contributed by atoms with Crippen LogP contribution in [0.5, 0.6) is 5.75 Å². The molecule has 1 aliphatic rings. The lowest BCUT2D eigenvalue weighted by atomic mass is 10.1. The minimum Gasteiger partial charge on any atom is -0.491 e. The molecule has 2 N–H and O–H groups in total. The number of aliphatic hydroxyl groups excluding tert-OH is 2. The number of benzene rings is 1. The predicted octanol–water partition coefficient (Wildman–Crippen LogP) is 0.794. The second-order valence-corrected chi connectivity index (χ2v) is 4.44. The van der Waals surface area contributed by atoms with Crippen molar-refractivity contribution in [3.8, 4) is 5.75 Å². The number of rotatable bonds is 4. The summed E-state index contributed by atoms with van der Waals surface area (Å²) in [6.07, 6.45) is -0.105. The van der Waals surface area contributed by atoms with Gasteiger partial charge in [-0.15, -0.1) is 0 Å². The number of carbonyl (C=O) groups is 1. The molecule has 0 aliphatic heterocycles. The smallest absolute Gasteiger partial charge is 0.166 e. The van der Waals surface area contributed by atoms with Crippen molar-refractivity contribution in [3.05, 3.63) is 29.3 Å². The van der Waals surface area contributed by atoms with Gasteiger partial charge in [-0.1, -0.05) is 13.0 Å². The maximum absolute atomic E-state index is 11.8. The van der Waals surface area contributed by atoms with E-state index in [1.165, 1.54) is 0 Å². The lowest BCUT2D eigenvalue weighted by Gasteiger charge is -2.10. The molecule has 4 heteroatoms.